The second-order valence-corrected chi connectivity index (χ2v) is 8.41. The number of hydrogen-bond donors (Lipinski definition) is 1. The molecule has 0 saturated heterocycles. The van der Waals surface area contributed by atoms with Gasteiger partial charge in [0.25, 0.3) is 5.56 Å². The summed E-state index contributed by atoms with van der Waals surface area (Å²) in [6, 6.07) is 5.50. The topological polar surface area (TPSA) is 105 Å². The van der Waals surface area contributed by atoms with E-state index in [1.807, 2.05) is 39.6 Å². The summed E-state index contributed by atoms with van der Waals surface area (Å²) in [5.41, 5.74) is 2.83. The minimum atomic E-state index is -0.112. The highest BCUT2D eigenvalue weighted by Crippen LogP contribution is 2.36. The molecule has 0 amide bonds. The maximum atomic E-state index is 11.8. The van der Waals surface area contributed by atoms with Crippen LogP contribution in [0, 0.1) is 0 Å². The van der Waals surface area contributed by atoms with E-state index >= 15 is 0 Å². The van der Waals surface area contributed by atoms with Crippen molar-refractivity contribution in [2.75, 3.05) is 12.4 Å². The largest absolute Gasteiger partial charge is 0.473 e. The molecule has 10 nitrogen and oxygen atoms in total. The number of aryl methyl sites for hydroxylation is 2. The maximum Gasteiger partial charge on any atom is 0.266 e. The number of nitrogens with zero attached hydrogens (tertiary/aromatic N) is 7. The van der Waals surface area contributed by atoms with Crippen LogP contribution in [-0.2, 0) is 13.6 Å². The molecule has 4 heterocycles. The highest BCUT2D eigenvalue weighted by molar-refractivity contribution is 5.93. The molecule has 0 radical (unpaired) electrons. The summed E-state index contributed by atoms with van der Waals surface area (Å²) in [7, 11) is 3.78. The predicted molar refractivity (Wildman–Crippen MR) is 125 cm³/mol. The molecule has 0 spiro atoms. The number of rotatable bonds is 6. The van der Waals surface area contributed by atoms with E-state index in [1.54, 1.807) is 10.7 Å². The molecule has 10 heteroatoms. The van der Waals surface area contributed by atoms with Gasteiger partial charge in [-0.25, -0.2) is 9.67 Å². The Morgan fingerprint density at radius 1 is 1.15 bits per heavy atom. The second-order valence-electron chi connectivity index (χ2n) is 8.41. The molecule has 4 aromatic heterocycles. The summed E-state index contributed by atoms with van der Waals surface area (Å²) < 4.78 is 11.5. The fourth-order valence-corrected chi connectivity index (χ4v) is 4.50. The predicted octanol–water partition coefficient (Wildman–Crippen LogP) is 3.01. The highest BCUT2D eigenvalue weighted by Gasteiger charge is 2.27. The van der Waals surface area contributed by atoms with Crippen LogP contribution in [-0.4, -0.2) is 47.5 Å². The number of fused-ring (bicyclic) bond motifs is 1. The Morgan fingerprint density at radius 2 is 1.97 bits per heavy atom. The van der Waals surface area contributed by atoms with E-state index in [4.69, 9.17) is 9.84 Å². The first-order valence-corrected chi connectivity index (χ1v) is 11.4. The van der Waals surface area contributed by atoms with Crippen LogP contribution >= 0.6 is 0 Å². The van der Waals surface area contributed by atoms with Gasteiger partial charge in [0.15, 0.2) is 0 Å². The standard InChI is InChI=1S/C23H28N8O2/c1-4-30-22(32)10-9-21(27-30)33-17-7-5-16(6-8-17)31-19-11-20(24-2)25-13-18(19)23(28-31)15-12-26-29(3)14-15/h9-14,16-17H,4-8H2,1-3H3,(H,24,25)/t16-,17+. The third-order valence-electron chi connectivity index (χ3n) is 6.24. The molecule has 0 atom stereocenters. The quantitative estimate of drug-likeness (QED) is 0.483. The van der Waals surface area contributed by atoms with Crippen molar-refractivity contribution in [2.45, 2.75) is 51.3 Å². The average molecular weight is 449 g/mol. The molecule has 0 bridgehead atoms. The molecule has 4 aromatic rings. The van der Waals surface area contributed by atoms with E-state index in [9.17, 15) is 4.79 Å². The Labute approximate surface area is 191 Å². The summed E-state index contributed by atoms with van der Waals surface area (Å²) in [5.74, 6) is 1.32. The maximum absolute atomic E-state index is 11.8. The zero-order chi connectivity index (χ0) is 22.9. The van der Waals surface area contributed by atoms with E-state index in [1.165, 1.54) is 10.7 Å². The number of aromatic nitrogens is 7. The van der Waals surface area contributed by atoms with Crippen molar-refractivity contribution < 1.29 is 4.74 Å². The molecule has 1 aliphatic carbocycles. The van der Waals surface area contributed by atoms with Gasteiger partial charge in [-0.1, -0.05) is 0 Å². The molecular weight excluding hydrogens is 420 g/mol. The van der Waals surface area contributed by atoms with Crippen molar-refractivity contribution in [1.29, 1.82) is 0 Å². The van der Waals surface area contributed by atoms with Gasteiger partial charge < -0.3 is 10.1 Å². The lowest BCUT2D eigenvalue weighted by atomic mass is 9.93. The Morgan fingerprint density at radius 3 is 2.67 bits per heavy atom. The van der Waals surface area contributed by atoms with Crippen molar-refractivity contribution in [1.82, 2.24) is 34.3 Å². The fourth-order valence-electron chi connectivity index (χ4n) is 4.50. The lowest BCUT2D eigenvalue weighted by Crippen LogP contribution is -2.28. The Bertz CT molecular complexity index is 1330. The first kappa shape index (κ1) is 21.2. The smallest absolute Gasteiger partial charge is 0.266 e. The SMILES string of the molecule is CCn1nc(O[C@H]2CC[C@@H](n3nc(-c4cnn(C)c4)c4cnc(NC)cc43)CC2)ccc1=O. The second kappa shape index (κ2) is 8.68. The third kappa shape index (κ3) is 4.08. The Balaban J connectivity index is 1.38. The molecule has 1 saturated carbocycles. The van der Waals surface area contributed by atoms with Gasteiger partial charge in [0, 0.05) is 62.2 Å². The van der Waals surface area contributed by atoms with Crippen molar-refractivity contribution in [2.24, 2.45) is 7.05 Å². The van der Waals surface area contributed by atoms with E-state index < -0.39 is 0 Å². The van der Waals surface area contributed by atoms with Gasteiger partial charge in [0.1, 0.15) is 17.6 Å². The minimum Gasteiger partial charge on any atom is -0.473 e. The van der Waals surface area contributed by atoms with Crippen molar-refractivity contribution in [3.8, 4) is 17.1 Å². The normalized spacial score (nSPS) is 18.5. The van der Waals surface area contributed by atoms with Gasteiger partial charge in [0.05, 0.1) is 17.8 Å². The number of hydrogen-bond acceptors (Lipinski definition) is 7. The molecular formula is C23H28N8O2. The van der Waals surface area contributed by atoms with Gasteiger partial charge in [-0.05, 0) is 32.6 Å². The first-order chi connectivity index (χ1) is 16.1. The minimum absolute atomic E-state index is 0.0747. The van der Waals surface area contributed by atoms with Gasteiger partial charge in [-0.3, -0.25) is 14.2 Å². The lowest BCUT2D eigenvalue weighted by Gasteiger charge is -2.29. The van der Waals surface area contributed by atoms with Crippen LogP contribution in [0.15, 0.2) is 41.6 Å². The van der Waals surface area contributed by atoms with Gasteiger partial charge in [-0.2, -0.15) is 10.2 Å². The van der Waals surface area contributed by atoms with Crippen LogP contribution in [0.3, 0.4) is 0 Å². The zero-order valence-corrected chi connectivity index (χ0v) is 19.1. The van der Waals surface area contributed by atoms with E-state index in [2.05, 4.69) is 31.2 Å². The van der Waals surface area contributed by atoms with Crippen molar-refractivity contribution >= 4 is 16.7 Å². The van der Waals surface area contributed by atoms with Crippen LogP contribution in [0.1, 0.15) is 38.6 Å². The summed E-state index contributed by atoms with van der Waals surface area (Å²) in [5, 5.41) is 17.8. The molecule has 0 unspecified atom stereocenters. The van der Waals surface area contributed by atoms with Crippen LogP contribution in [0.25, 0.3) is 22.2 Å². The Hall–Kier alpha value is -3.69. The average Bonchev–Trinajstić information content (AvgIpc) is 3.44. The highest BCUT2D eigenvalue weighted by atomic mass is 16.5. The summed E-state index contributed by atoms with van der Waals surface area (Å²) in [4.78, 5) is 16.3. The monoisotopic (exact) mass is 448 g/mol. The van der Waals surface area contributed by atoms with Crippen LogP contribution in [0.5, 0.6) is 5.88 Å². The van der Waals surface area contributed by atoms with Crippen LogP contribution in [0.4, 0.5) is 5.82 Å². The van der Waals surface area contributed by atoms with Gasteiger partial charge in [0.2, 0.25) is 5.88 Å². The van der Waals surface area contributed by atoms with Crippen molar-refractivity contribution in [3.63, 3.8) is 0 Å². The summed E-state index contributed by atoms with van der Waals surface area (Å²) >= 11 is 0. The first-order valence-electron chi connectivity index (χ1n) is 11.4. The lowest BCUT2D eigenvalue weighted by molar-refractivity contribution is 0.123. The molecule has 0 aliphatic heterocycles. The molecule has 1 N–H and O–H groups in total. The van der Waals surface area contributed by atoms with Crippen LogP contribution < -0.4 is 15.6 Å². The van der Waals surface area contributed by atoms with Crippen molar-refractivity contribution in [3.05, 3.63) is 47.1 Å². The molecule has 1 aliphatic rings. The van der Waals surface area contributed by atoms with Gasteiger partial charge in [-0.15, -0.1) is 5.10 Å². The summed E-state index contributed by atoms with van der Waals surface area (Å²) in [6.45, 7) is 2.42. The molecule has 0 aromatic carbocycles. The number of anilines is 1. The zero-order valence-electron chi connectivity index (χ0n) is 19.1. The fraction of sp³-hybridized carbons (Fsp3) is 0.435. The Kier molecular flexibility index (Phi) is 5.57. The summed E-state index contributed by atoms with van der Waals surface area (Å²) in [6.07, 6.45) is 9.45. The third-order valence-corrected chi connectivity index (χ3v) is 6.24. The number of pyridine rings is 1. The molecule has 33 heavy (non-hydrogen) atoms. The van der Waals surface area contributed by atoms with E-state index in [-0.39, 0.29) is 17.7 Å². The van der Waals surface area contributed by atoms with Gasteiger partial charge >= 0.3 is 0 Å². The number of nitrogens with one attached hydrogen (secondary N) is 1. The molecule has 172 valence electrons. The van der Waals surface area contributed by atoms with E-state index in [0.717, 1.165) is 53.7 Å². The van der Waals surface area contributed by atoms with E-state index in [0.29, 0.717) is 12.4 Å². The molecule has 5 rings (SSSR count). The molecule has 1 fully saturated rings. The number of ether oxygens (including phenoxy) is 1. The van der Waals surface area contributed by atoms with Crippen LogP contribution in [0.2, 0.25) is 0 Å².